The molecule has 140 valence electrons. The molecule has 2 heterocycles. The van der Waals surface area contributed by atoms with E-state index in [9.17, 15) is 8.42 Å². The monoisotopic (exact) mass is 465 g/mol. The summed E-state index contributed by atoms with van der Waals surface area (Å²) in [5.74, 6) is 0. The van der Waals surface area contributed by atoms with Crippen LogP contribution in [0.25, 0.3) is 10.9 Å². The zero-order valence-corrected chi connectivity index (χ0v) is 17.5. The standard InChI is InChI=1S/C19H17BrClN3O2S/c20-15-5-4-12-8-14(19(21)23-17(12)9-15)11-24-7-6-16-13(10-24)2-1-3-18(16)27(22,25)26/h1-5,8-9H,6-7,10-11H2,(H2,22,25,26). The molecule has 0 atom stereocenters. The molecule has 0 saturated heterocycles. The molecule has 4 rings (SSSR count). The minimum Gasteiger partial charge on any atom is -0.294 e. The number of fused-ring (bicyclic) bond motifs is 2. The summed E-state index contributed by atoms with van der Waals surface area (Å²) in [4.78, 5) is 6.98. The summed E-state index contributed by atoms with van der Waals surface area (Å²) in [6.07, 6.45) is 0.632. The van der Waals surface area contributed by atoms with Crippen molar-refractivity contribution in [3.05, 3.63) is 68.8 Å². The van der Waals surface area contributed by atoms with Gasteiger partial charge in [-0.25, -0.2) is 18.5 Å². The molecular formula is C19H17BrClN3O2S. The molecule has 27 heavy (non-hydrogen) atoms. The molecular weight excluding hydrogens is 450 g/mol. The van der Waals surface area contributed by atoms with Gasteiger partial charge in [-0.3, -0.25) is 4.90 Å². The Morgan fingerprint density at radius 1 is 1.22 bits per heavy atom. The van der Waals surface area contributed by atoms with E-state index in [1.165, 1.54) is 0 Å². The van der Waals surface area contributed by atoms with Crippen molar-refractivity contribution in [3.8, 4) is 0 Å². The highest BCUT2D eigenvalue weighted by Crippen LogP contribution is 2.28. The van der Waals surface area contributed by atoms with Crippen LogP contribution in [0, 0.1) is 0 Å². The van der Waals surface area contributed by atoms with Crippen LogP contribution in [0.15, 0.2) is 51.8 Å². The third kappa shape index (κ3) is 3.88. The SMILES string of the molecule is NS(=O)(=O)c1cccc2c1CCN(Cc1cc3ccc(Br)cc3nc1Cl)C2. The van der Waals surface area contributed by atoms with Gasteiger partial charge >= 0.3 is 0 Å². The van der Waals surface area contributed by atoms with Crippen LogP contribution < -0.4 is 5.14 Å². The van der Waals surface area contributed by atoms with Gasteiger partial charge in [0.1, 0.15) is 5.15 Å². The van der Waals surface area contributed by atoms with E-state index in [1.807, 2.05) is 24.3 Å². The second kappa shape index (κ2) is 7.14. The fourth-order valence-corrected chi connectivity index (χ4v) is 4.95. The van der Waals surface area contributed by atoms with Crippen LogP contribution in [0.3, 0.4) is 0 Å². The minimum atomic E-state index is -3.71. The van der Waals surface area contributed by atoms with Crippen molar-refractivity contribution in [2.24, 2.45) is 5.14 Å². The van der Waals surface area contributed by atoms with Crippen LogP contribution in [0.5, 0.6) is 0 Å². The van der Waals surface area contributed by atoms with Crippen molar-refractivity contribution >= 4 is 48.5 Å². The van der Waals surface area contributed by atoms with Gasteiger partial charge in [-0.1, -0.05) is 45.7 Å². The van der Waals surface area contributed by atoms with Crippen molar-refractivity contribution < 1.29 is 8.42 Å². The molecule has 1 aromatic heterocycles. The van der Waals surface area contributed by atoms with Crippen molar-refractivity contribution in [2.75, 3.05) is 6.54 Å². The summed E-state index contributed by atoms with van der Waals surface area (Å²) < 4.78 is 24.6. The van der Waals surface area contributed by atoms with Crippen LogP contribution in [-0.4, -0.2) is 24.8 Å². The third-order valence-electron chi connectivity index (χ3n) is 4.81. The minimum absolute atomic E-state index is 0.232. The Balaban J connectivity index is 1.62. The average molecular weight is 467 g/mol. The first-order chi connectivity index (χ1) is 12.8. The van der Waals surface area contributed by atoms with Crippen LogP contribution >= 0.6 is 27.5 Å². The molecule has 1 aliphatic rings. The highest BCUT2D eigenvalue weighted by Gasteiger charge is 2.23. The van der Waals surface area contributed by atoms with Crippen LogP contribution in [0.2, 0.25) is 5.15 Å². The van der Waals surface area contributed by atoms with Gasteiger partial charge in [0.05, 0.1) is 10.4 Å². The maximum atomic E-state index is 11.8. The Labute approximate surface area is 171 Å². The van der Waals surface area contributed by atoms with Crippen molar-refractivity contribution in [1.82, 2.24) is 9.88 Å². The van der Waals surface area contributed by atoms with Gasteiger partial charge in [0.2, 0.25) is 10.0 Å². The molecule has 0 unspecified atom stereocenters. The van der Waals surface area contributed by atoms with Gasteiger partial charge in [0, 0.05) is 35.1 Å². The molecule has 0 fully saturated rings. The molecule has 0 aliphatic carbocycles. The van der Waals surface area contributed by atoms with E-state index in [1.54, 1.807) is 12.1 Å². The number of pyridine rings is 1. The fourth-order valence-electron chi connectivity index (χ4n) is 3.55. The third-order valence-corrected chi connectivity index (χ3v) is 6.62. The number of nitrogens with zero attached hydrogens (tertiary/aromatic N) is 2. The summed E-state index contributed by atoms with van der Waals surface area (Å²) in [7, 11) is -3.71. The molecule has 0 bridgehead atoms. The first kappa shape index (κ1) is 18.8. The summed E-state index contributed by atoms with van der Waals surface area (Å²) in [6, 6.07) is 13.3. The number of hydrogen-bond donors (Lipinski definition) is 1. The van der Waals surface area contributed by atoms with Crippen LogP contribution in [0.4, 0.5) is 0 Å². The van der Waals surface area contributed by atoms with Gasteiger partial charge in [0.15, 0.2) is 0 Å². The number of primary sulfonamides is 1. The second-order valence-electron chi connectivity index (χ2n) is 6.67. The van der Waals surface area contributed by atoms with E-state index in [-0.39, 0.29) is 4.90 Å². The number of sulfonamides is 1. The van der Waals surface area contributed by atoms with E-state index in [4.69, 9.17) is 16.7 Å². The average Bonchev–Trinajstić information content (AvgIpc) is 2.61. The second-order valence-corrected chi connectivity index (χ2v) is 9.48. The molecule has 2 aromatic carbocycles. The maximum absolute atomic E-state index is 11.8. The highest BCUT2D eigenvalue weighted by atomic mass is 79.9. The summed E-state index contributed by atoms with van der Waals surface area (Å²) >= 11 is 9.86. The highest BCUT2D eigenvalue weighted by molar-refractivity contribution is 9.10. The van der Waals surface area contributed by atoms with Crippen LogP contribution in [-0.2, 0) is 29.5 Å². The number of benzene rings is 2. The molecule has 0 amide bonds. The number of aromatic nitrogens is 1. The largest absolute Gasteiger partial charge is 0.294 e. The van der Waals surface area contributed by atoms with Gasteiger partial charge < -0.3 is 0 Å². The smallest absolute Gasteiger partial charge is 0.238 e. The predicted molar refractivity (Wildman–Crippen MR) is 110 cm³/mol. The molecule has 8 heteroatoms. The summed E-state index contributed by atoms with van der Waals surface area (Å²) in [5, 5.41) is 6.88. The molecule has 2 N–H and O–H groups in total. The van der Waals surface area contributed by atoms with Gasteiger partial charge in [-0.2, -0.15) is 0 Å². The van der Waals surface area contributed by atoms with Crippen LogP contribution in [0.1, 0.15) is 16.7 Å². The summed E-state index contributed by atoms with van der Waals surface area (Å²) in [6.45, 7) is 2.03. The molecule has 3 aromatic rings. The van der Waals surface area contributed by atoms with E-state index < -0.39 is 10.0 Å². The predicted octanol–water partition coefficient (Wildman–Crippen LogP) is 3.86. The Bertz CT molecular complexity index is 1150. The molecule has 5 nitrogen and oxygen atoms in total. The van der Waals surface area contributed by atoms with E-state index in [0.717, 1.165) is 38.6 Å². The first-order valence-electron chi connectivity index (χ1n) is 8.42. The molecule has 1 aliphatic heterocycles. The Kier molecular flexibility index (Phi) is 4.98. The zero-order valence-electron chi connectivity index (χ0n) is 14.3. The van der Waals surface area contributed by atoms with E-state index in [2.05, 4.69) is 31.9 Å². The summed E-state index contributed by atoms with van der Waals surface area (Å²) in [5.41, 5.74) is 3.61. The number of nitrogens with two attached hydrogens (primary N) is 1. The lowest BCUT2D eigenvalue weighted by Gasteiger charge is -2.30. The van der Waals surface area contributed by atoms with Gasteiger partial charge in [0.25, 0.3) is 0 Å². The van der Waals surface area contributed by atoms with Gasteiger partial charge in [-0.15, -0.1) is 0 Å². The molecule has 0 radical (unpaired) electrons. The van der Waals surface area contributed by atoms with Gasteiger partial charge in [-0.05, 0) is 41.8 Å². The topological polar surface area (TPSA) is 76.3 Å². The van der Waals surface area contributed by atoms with E-state index >= 15 is 0 Å². The number of hydrogen-bond acceptors (Lipinski definition) is 4. The maximum Gasteiger partial charge on any atom is 0.238 e. The molecule has 0 spiro atoms. The quantitative estimate of drug-likeness (QED) is 0.595. The Hall–Kier alpha value is -1.51. The van der Waals surface area contributed by atoms with Crippen molar-refractivity contribution in [1.29, 1.82) is 0 Å². The Morgan fingerprint density at radius 2 is 2.04 bits per heavy atom. The fraction of sp³-hybridized carbons (Fsp3) is 0.211. The lowest BCUT2D eigenvalue weighted by Crippen LogP contribution is -2.31. The number of halogens is 2. The zero-order chi connectivity index (χ0) is 19.2. The van der Waals surface area contributed by atoms with E-state index in [0.29, 0.717) is 24.7 Å². The van der Waals surface area contributed by atoms with Crippen molar-refractivity contribution in [3.63, 3.8) is 0 Å². The molecule has 0 saturated carbocycles. The lowest BCUT2D eigenvalue weighted by molar-refractivity contribution is 0.244. The number of rotatable bonds is 3. The normalized spacial score (nSPS) is 15.1. The lowest BCUT2D eigenvalue weighted by atomic mass is 9.99. The Morgan fingerprint density at radius 3 is 2.81 bits per heavy atom. The van der Waals surface area contributed by atoms with Crippen molar-refractivity contribution in [2.45, 2.75) is 24.4 Å². The first-order valence-corrected chi connectivity index (χ1v) is 11.1.